The summed E-state index contributed by atoms with van der Waals surface area (Å²) in [6.45, 7) is 4.19. The summed E-state index contributed by atoms with van der Waals surface area (Å²) in [5, 5.41) is 0. The minimum absolute atomic E-state index is 0.158. The first kappa shape index (κ1) is 13.3. The summed E-state index contributed by atoms with van der Waals surface area (Å²) in [7, 11) is 0. The molecule has 0 bridgehead atoms. The summed E-state index contributed by atoms with van der Waals surface area (Å²) in [5.74, 6) is 0.181. The molecule has 0 fully saturated rings. The predicted molar refractivity (Wildman–Crippen MR) is 72.5 cm³/mol. The van der Waals surface area contributed by atoms with Crippen molar-refractivity contribution in [3.05, 3.63) is 59.5 Å². The van der Waals surface area contributed by atoms with Crippen molar-refractivity contribution >= 4 is 11.6 Å². The molecule has 1 aromatic carbocycles. The number of carbonyl (C=O) groups excluding carboxylic acids is 2. The monoisotopic (exact) mass is 256 g/mol. The van der Waals surface area contributed by atoms with Gasteiger partial charge in [0, 0.05) is 5.56 Å². The normalized spacial score (nSPS) is 10.7. The molecule has 3 heteroatoms. The number of benzene rings is 1. The van der Waals surface area contributed by atoms with Crippen LogP contribution in [-0.4, -0.2) is 11.6 Å². The molecule has 0 aliphatic heterocycles. The molecule has 0 atom stereocenters. The molecule has 0 aliphatic carbocycles. The van der Waals surface area contributed by atoms with Gasteiger partial charge in [0.2, 0.25) is 5.78 Å². The Labute approximate surface area is 112 Å². The van der Waals surface area contributed by atoms with Gasteiger partial charge in [-0.05, 0) is 23.6 Å². The summed E-state index contributed by atoms with van der Waals surface area (Å²) >= 11 is 0. The molecule has 0 amide bonds. The van der Waals surface area contributed by atoms with Crippen molar-refractivity contribution in [3.63, 3.8) is 0 Å². The zero-order chi connectivity index (χ0) is 13.8. The molecule has 1 aromatic heterocycles. The number of furan rings is 1. The van der Waals surface area contributed by atoms with E-state index in [4.69, 9.17) is 4.42 Å². The third kappa shape index (κ3) is 3.19. The number of carbonyl (C=O) groups is 2. The maximum absolute atomic E-state index is 12.0. The fourth-order valence-electron chi connectivity index (χ4n) is 1.83. The average Bonchev–Trinajstić information content (AvgIpc) is 2.92. The van der Waals surface area contributed by atoms with E-state index in [9.17, 15) is 9.59 Å². The highest BCUT2D eigenvalue weighted by Gasteiger charge is 2.15. The lowest BCUT2D eigenvalue weighted by atomic mass is 9.99. The topological polar surface area (TPSA) is 47.3 Å². The average molecular weight is 256 g/mol. The van der Waals surface area contributed by atoms with Crippen LogP contribution in [0.4, 0.5) is 0 Å². The van der Waals surface area contributed by atoms with Gasteiger partial charge in [0.15, 0.2) is 11.5 Å². The first-order valence-corrected chi connectivity index (χ1v) is 6.28. The molecule has 0 radical (unpaired) electrons. The summed E-state index contributed by atoms with van der Waals surface area (Å²) in [6.07, 6.45) is 1.27. The van der Waals surface area contributed by atoms with Gasteiger partial charge in [-0.2, -0.15) is 0 Å². The van der Waals surface area contributed by atoms with E-state index in [1.807, 2.05) is 12.1 Å². The molecule has 1 heterocycles. The first-order chi connectivity index (χ1) is 9.08. The molecule has 0 saturated carbocycles. The van der Waals surface area contributed by atoms with Gasteiger partial charge in [0.05, 0.1) is 12.7 Å². The van der Waals surface area contributed by atoms with Crippen LogP contribution < -0.4 is 0 Å². The predicted octanol–water partition coefficient (Wildman–Crippen LogP) is 3.86. The van der Waals surface area contributed by atoms with E-state index in [0.29, 0.717) is 11.5 Å². The highest BCUT2D eigenvalue weighted by atomic mass is 16.3. The van der Waals surface area contributed by atoms with Gasteiger partial charge in [0.25, 0.3) is 0 Å². The molecule has 98 valence electrons. The highest BCUT2D eigenvalue weighted by molar-refractivity contribution is 6.12. The van der Waals surface area contributed by atoms with E-state index in [1.54, 1.807) is 24.3 Å². The van der Waals surface area contributed by atoms with Crippen LogP contribution in [0.3, 0.4) is 0 Å². The Bertz CT molecular complexity index is 563. The Morgan fingerprint density at radius 2 is 1.74 bits per heavy atom. The second kappa shape index (κ2) is 5.65. The van der Waals surface area contributed by atoms with Gasteiger partial charge in [-0.3, -0.25) is 9.59 Å². The zero-order valence-electron chi connectivity index (χ0n) is 11.1. The Balaban J connectivity index is 2.06. The van der Waals surface area contributed by atoms with Crippen molar-refractivity contribution in [2.45, 2.75) is 26.2 Å². The van der Waals surface area contributed by atoms with E-state index in [-0.39, 0.29) is 23.7 Å². The van der Waals surface area contributed by atoms with Gasteiger partial charge in [-0.25, -0.2) is 0 Å². The molecule has 0 unspecified atom stereocenters. The van der Waals surface area contributed by atoms with Crippen LogP contribution in [0.5, 0.6) is 0 Å². The largest absolute Gasteiger partial charge is 0.461 e. The molecule has 3 nitrogen and oxygen atoms in total. The quantitative estimate of drug-likeness (QED) is 0.603. The molecule has 0 aliphatic rings. The van der Waals surface area contributed by atoms with Crippen LogP contribution in [0.1, 0.15) is 52.7 Å². The van der Waals surface area contributed by atoms with Crippen molar-refractivity contribution < 1.29 is 14.0 Å². The SMILES string of the molecule is CC(C)c1ccc(C(=O)CC(=O)c2ccco2)cc1. The number of ketones is 2. The molecule has 0 saturated heterocycles. The van der Waals surface area contributed by atoms with Gasteiger partial charge in [-0.15, -0.1) is 0 Å². The van der Waals surface area contributed by atoms with Crippen LogP contribution in [0.2, 0.25) is 0 Å². The minimum Gasteiger partial charge on any atom is -0.461 e. The van der Waals surface area contributed by atoms with Crippen molar-refractivity contribution in [1.29, 1.82) is 0 Å². The van der Waals surface area contributed by atoms with Crippen LogP contribution >= 0.6 is 0 Å². The molecule has 0 N–H and O–H groups in total. The third-order valence-electron chi connectivity index (χ3n) is 3.02. The van der Waals surface area contributed by atoms with Gasteiger partial charge >= 0.3 is 0 Å². The molecule has 0 spiro atoms. The van der Waals surface area contributed by atoms with Gasteiger partial charge in [0.1, 0.15) is 0 Å². The summed E-state index contributed by atoms with van der Waals surface area (Å²) in [5.41, 5.74) is 1.73. The van der Waals surface area contributed by atoms with E-state index >= 15 is 0 Å². The van der Waals surface area contributed by atoms with Crippen molar-refractivity contribution in [1.82, 2.24) is 0 Å². The van der Waals surface area contributed by atoms with E-state index in [0.717, 1.165) is 0 Å². The fraction of sp³-hybridized carbons (Fsp3) is 0.250. The van der Waals surface area contributed by atoms with Crippen molar-refractivity contribution in [2.24, 2.45) is 0 Å². The lowest BCUT2D eigenvalue weighted by molar-refractivity contribution is 0.0878. The second-order valence-corrected chi connectivity index (χ2v) is 4.78. The van der Waals surface area contributed by atoms with E-state index < -0.39 is 0 Å². The maximum atomic E-state index is 12.0. The Morgan fingerprint density at radius 3 is 2.26 bits per heavy atom. The minimum atomic E-state index is -0.289. The molecular weight excluding hydrogens is 240 g/mol. The van der Waals surface area contributed by atoms with Gasteiger partial charge in [-0.1, -0.05) is 38.1 Å². The summed E-state index contributed by atoms with van der Waals surface area (Å²) in [6, 6.07) is 10.6. The van der Waals surface area contributed by atoms with Gasteiger partial charge < -0.3 is 4.42 Å². The molecule has 19 heavy (non-hydrogen) atoms. The lowest BCUT2D eigenvalue weighted by Crippen LogP contribution is -2.08. The molecular formula is C16H16O3. The number of hydrogen-bond acceptors (Lipinski definition) is 3. The van der Waals surface area contributed by atoms with Crippen LogP contribution in [0.25, 0.3) is 0 Å². The lowest BCUT2D eigenvalue weighted by Gasteiger charge is -2.06. The number of rotatable bonds is 5. The summed E-state index contributed by atoms with van der Waals surface area (Å²) in [4.78, 5) is 23.7. The first-order valence-electron chi connectivity index (χ1n) is 6.28. The Kier molecular flexibility index (Phi) is 3.95. The van der Waals surface area contributed by atoms with E-state index in [1.165, 1.54) is 11.8 Å². The Hall–Kier alpha value is -2.16. The molecule has 2 aromatic rings. The Morgan fingerprint density at radius 1 is 1.05 bits per heavy atom. The smallest absolute Gasteiger partial charge is 0.205 e. The summed E-state index contributed by atoms with van der Waals surface area (Å²) < 4.78 is 4.98. The van der Waals surface area contributed by atoms with Crippen molar-refractivity contribution in [3.8, 4) is 0 Å². The fourth-order valence-corrected chi connectivity index (χ4v) is 1.83. The van der Waals surface area contributed by atoms with Crippen LogP contribution in [-0.2, 0) is 0 Å². The van der Waals surface area contributed by atoms with Crippen LogP contribution in [0.15, 0.2) is 47.1 Å². The molecule has 2 rings (SSSR count). The van der Waals surface area contributed by atoms with Crippen LogP contribution in [0, 0.1) is 0 Å². The second-order valence-electron chi connectivity index (χ2n) is 4.78. The number of hydrogen-bond donors (Lipinski definition) is 0. The van der Waals surface area contributed by atoms with Crippen molar-refractivity contribution in [2.75, 3.05) is 0 Å². The van der Waals surface area contributed by atoms with E-state index in [2.05, 4.69) is 13.8 Å². The maximum Gasteiger partial charge on any atom is 0.205 e. The zero-order valence-corrected chi connectivity index (χ0v) is 11.1. The number of Topliss-reactive ketones (excluding diaryl/α,β-unsaturated/α-hetero) is 2. The standard InChI is InChI=1S/C16H16O3/c1-11(2)12-5-7-13(8-6-12)14(17)10-15(18)16-4-3-9-19-16/h3-9,11H,10H2,1-2H3. The highest BCUT2D eigenvalue weighted by Crippen LogP contribution is 2.16. The third-order valence-corrected chi connectivity index (χ3v) is 3.02.